The van der Waals surface area contributed by atoms with Crippen LogP contribution in [0.5, 0.6) is 5.75 Å². The van der Waals surface area contributed by atoms with Crippen LogP contribution in [0.15, 0.2) is 66.0 Å². The number of amides is 1. The minimum Gasteiger partial charge on any atom is -0.489 e. The van der Waals surface area contributed by atoms with Crippen molar-refractivity contribution in [3.63, 3.8) is 0 Å². The molecule has 0 aliphatic carbocycles. The Kier molecular flexibility index (Phi) is 6.75. The highest BCUT2D eigenvalue weighted by molar-refractivity contribution is 7.09. The average molecular weight is 399 g/mol. The van der Waals surface area contributed by atoms with Gasteiger partial charge in [-0.15, -0.1) is 11.3 Å². The van der Waals surface area contributed by atoms with E-state index in [2.05, 4.69) is 5.32 Å². The molecule has 144 valence electrons. The van der Waals surface area contributed by atoms with Gasteiger partial charge in [0.25, 0.3) is 5.91 Å². The summed E-state index contributed by atoms with van der Waals surface area (Å²) >= 11 is 1.54. The number of esters is 1. The summed E-state index contributed by atoms with van der Waals surface area (Å²) in [7, 11) is 0. The molecule has 7 heteroatoms. The lowest BCUT2D eigenvalue weighted by Crippen LogP contribution is -2.28. The van der Waals surface area contributed by atoms with Gasteiger partial charge in [0.15, 0.2) is 6.61 Å². The van der Waals surface area contributed by atoms with Gasteiger partial charge in [0.1, 0.15) is 18.2 Å². The zero-order chi connectivity index (χ0) is 19.8. The minimum absolute atomic E-state index is 0.240. The quantitative estimate of drug-likeness (QED) is 0.583. The summed E-state index contributed by atoms with van der Waals surface area (Å²) in [5, 5.41) is 4.61. The number of thiophene rings is 1. The summed E-state index contributed by atoms with van der Waals surface area (Å²) in [5.41, 5.74) is 1.08. The molecule has 0 radical (unpaired) electrons. The molecule has 0 atom stereocenters. The van der Waals surface area contributed by atoms with E-state index in [0.717, 1.165) is 10.4 Å². The zero-order valence-corrected chi connectivity index (χ0v) is 15.7. The van der Waals surface area contributed by atoms with Crippen LogP contribution < -0.4 is 10.1 Å². The fourth-order valence-corrected chi connectivity index (χ4v) is 2.97. The first-order valence-corrected chi connectivity index (χ1v) is 9.41. The van der Waals surface area contributed by atoms with Gasteiger partial charge in [-0.25, -0.2) is 9.18 Å². The Bertz CT molecular complexity index is 926. The van der Waals surface area contributed by atoms with E-state index < -0.39 is 5.97 Å². The van der Waals surface area contributed by atoms with Crippen molar-refractivity contribution in [2.24, 2.45) is 0 Å². The second kappa shape index (κ2) is 9.66. The van der Waals surface area contributed by atoms with Crippen LogP contribution in [0.1, 0.15) is 20.8 Å². The maximum atomic E-state index is 12.9. The minimum atomic E-state index is -0.612. The lowest BCUT2D eigenvalue weighted by Gasteiger charge is -2.09. The fraction of sp³-hybridized carbons (Fsp3) is 0.143. The Morgan fingerprint density at radius 3 is 2.61 bits per heavy atom. The third-order valence-electron chi connectivity index (χ3n) is 3.76. The lowest BCUT2D eigenvalue weighted by atomic mass is 10.2. The molecule has 0 aliphatic rings. The van der Waals surface area contributed by atoms with Gasteiger partial charge < -0.3 is 14.8 Å². The highest BCUT2D eigenvalue weighted by Crippen LogP contribution is 2.16. The van der Waals surface area contributed by atoms with Gasteiger partial charge in [-0.05, 0) is 47.3 Å². The molecule has 1 heterocycles. The molecule has 28 heavy (non-hydrogen) atoms. The number of halogens is 1. The van der Waals surface area contributed by atoms with Crippen molar-refractivity contribution in [2.45, 2.75) is 13.2 Å². The first-order valence-electron chi connectivity index (χ1n) is 8.53. The Morgan fingerprint density at radius 1 is 1.04 bits per heavy atom. The molecule has 0 saturated heterocycles. The van der Waals surface area contributed by atoms with Crippen molar-refractivity contribution in [2.75, 3.05) is 6.61 Å². The largest absolute Gasteiger partial charge is 0.489 e. The van der Waals surface area contributed by atoms with Crippen molar-refractivity contribution in [3.8, 4) is 5.75 Å². The number of carbonyl (C=O) groups is 2. The summed E-state index contributed by atoms with van der Waals surface area (Å²) in [6.45, 7) is 0.287. The Balaban J connectivity index is 1.47. The molecule has 3 rings (SSSR count). The molecule has 0 unspecified atom stereocenters. The van der Waals surface area contributed by atoms with E-state index in [1.807, 2.05) is 17.5 Å². The van der Waals surface area contributed by atoms with Crippen LogP contribution in [0.2, 0.25) is 0 Å². The summed E-state index contributed by atoms with van der Waals surface area (Å²) in [6.07, 6.45) is 0. The van der Waals surface area contributed by atoms with Gasteiger partial charge in [-0.1, -0.05) is 24.3 Å². The van der Waals surface area contributed by atoms with Crippen LogP contribution in [0.25, 0.3) is 0 Å². The van der Waals surface area contributed by atoms with Crippen LogP contribution in [0.3, 0.4) is 0 Å². The van der Waals surface area contributed by atoms with E-state index in [4.69, 9.17) is 9.47 Å². The van der Waals surface area contributed by atoms with Gasteiger partial charge >= 0.3 is 5.97 Å². The van der Waals surface area contributed by atoms with Crippen LogP contribution in [-0.4, -0.2) is 18.5 Å². The topological polar surface area (TPSA) is 64.6 Å². The molecule has 0 bridgehead atoms. The lowest BCUT2D eigenvalue weighted by molar-refractivity contribution is -0.124. The molecule has 3 aromatic rings. The summed E-state index contributed by atoms with van der Waals surface area (Å²) in [4.78, 5) is 25.0. The smallest absolute Gasteiger partial charge is 0.338 e. The van der Waals surface area contributed by atoms with Crippen LogP contribution in [0, 0.1) is 5.82 Å². The number of nitrogens with one attached hydrogen (secondary N) is 1. The van der Waals surface area contributed by atoms with E-state index in [1.165, 1.54) is 29.5 Å². The normalized spacial score (nSPS) is 10.3. The molecule has 0 aliphatic heterocycles. The van der Waals surface area contributed by atoms with E-state index >= 15 is 0 Å². The van der Waals surface area contributed by atoms with Crippen LogP contribution in [-0.2, 0) is 22.7 Å². The molecular weight excluding hydrogens is 381 g/mol. The standard InChI is InChI=1S/C21H18FNO4S/c22-17-8-6-15(7-9-17)13-26-18-4-1-3-16(11-18)21(25)27-14-20(24)23-12-19-5-2-10-28-19/h1-11H,12-14H2,(H,23,24). The zero-order valence-electron chi connectivity index (χ0n) is 14.9. The van der Waals surface area contributed by atoms with Crippen LogP contribution >= 0.6 is 11.3 Å². The number of ether oxygens (including phenoxy) is 2. The van der Waals surface area contributed by atoms with Crippen molar-refractivity contribution in [3.05, 3.63) is 87.9 Å². The third-order valence-corrected chi connectivity index (χ3v) is 4.64. The van der Waals surface area contributed by atoms with Gasteiger partial charge in [0, 0.05) is 4.88 Å². The van der Waals surface area contributed by atoms with Crippen LogP contribution in [0.4, 0.5) is 4.39 Å². The number of hydrogen-bond acceptors (Lipinski definition) is 5. The number of rotatable bonds is 8. The summed E-state index contributed by atoms with van der Waals surface area (Å²) in [6, 6.07) is 16.3. The number of hydrogen-bond donors (Lipinski definition) is 1. The average Bonchev–Trinajstić information content (AvgIpc) is 3.24. The Labute approximate surface area is 165 Å². The molecule has 1 aromatic heterocycles. The SMILES string of the molecule is O=C(COC(=O)c1cccc(OCc2ccc(F)cc2)c1)NCc1cccs1. The maximum Gasteiger partial charge on any atom is 0.338 e. The van der Waals surface area contributed by atoms with Crippen molar-refractivity contribution in [1.29, 1.82) is 0 Å². The van der Waals surface area contributed by atoms with Gasteiger partial charge in [-0.2, -0.15) is 0 Å². The van der Waals surface area contributed by atoms with Gasteiger partial charge in [0.2, 0.25) is 0 Å². The second-order valence-corrected chi connectivity index (χ2v) is 6.91. The highest BCUT2D eigenvalue weighted by Gasteiger charge is 2.11. The predicted molar refractivity (Wildman–Crippen MR) is 104 cm³/mol. The molecule has 1 amide bonds. The molecule has 0 spiro atoms. The van der Waals surface area contributed by atoms with Gasteiger partial charge in [0.05, 0.1) is 12.1 Å². The molecule has 0 fully saturated rings. The van der Waals surface area contributed by atoms with Crippen molar-refractivity contribution < 1.29 is 23.5 Å². The Hall–Kier alpha value is -3.19. The van der Waals surface area contributed by atoms with Crippen molar-refractivity contribution >= 4 is 23.2 Å². The van der Waals surface area contributed by atoms with E-state index in [9.17, 15) is 14.0 Å². The third kappa shape index (κ3) is 5.92. The fourth-order valence-electron chi connectivity index (χ4n) is 2.32. The number of benzene rings is 2. The second-order valence-electron chi connectivity index (χ2n) is 5.88. The Morgan fingerprint density at radius 2 is 1.86 bits per heavy atom. The van der Waals surface area contributed by atoms with E-state index in [1.54, 1.807) is 30.3 Å². The van der Waals surface area contributed by atoms with E-state index in [0.29, 0.717) is 12.3 Å². The van der Waals surface area contributed by atoms with Crippen molar-refractivity contribution in [1.82, 2.24) is 5.32 Å². The monoisotopic (exact) mass is 399 g/mol. The molecule has 5 nitrogen and oxygen atoms in total. The van der Waals surface area contributed by atoms with Gasteiger partial charge in [-0.3, -0.25) is 4.79 Å². The molecule has 0 saturated carbocycles. The molecule has 2 aromatic carbocycles. The first kappa shape index (κ1) is 19.6. The summed E-state index contributed by atoms with van der Waals surface area (Å²) < 4.78 is 23.6. The predicted octanol–water partition coefficient (Wildman–Crippen LogP) is 3.94. The highest BCUT2D eigenvalue weighted by atomic mass is 32.1. The molecule has 1 N–H and O–H groups in total. The number of carbonyl (C=O) groups excluding carboxylic acids is 2. The first-order chi connectivity index (χ1) is 13.6. The summed E-state index contributed by atoms with van der Waals surface area (Å²) in [5.74, 6) is -0.821. The molecular formula is C21H18FNO4S. The van der Waals surface area contributed by atoms with E-state index in [-0.39, 0.29) is 30.5 Å². The maximum absolute atomic E-state index is 12.9.